The number of aromatic nitrogens is 3. The molecule has 1 unspecified atom stereocenters. The monoisotopic (exact) mass is 216 g/mol. The average Bonchev–Trinajstić information content (AvgIpc) is 2.74. The van der Waals surface area contributed by atoms with Crippen LogP contribution in [0.4, 0.5) is 0 Å². The predicted octanol–water partition coefficient (Wildman–Crippen LogP) is 1.32. The van der Waals surface area contributed by atoms with Crippen LogP contribution in [0.2, 0.25) is 0 Å². The molecule has 0 aliphatic rings. The first-order valence-corrected chi connectivity index (χ1v) is 5.35. The first-order chi connectivity index (χ1) is 7.81. The normalized spacial score (nSPS) is 12.6. The lowest BCUT2D eigenvalue weighted by molar-refractivity contribution is 0.533. The van der Waals surface area contributed by atoms with Gasteiger partial charge in [-0.25, -0.2) is 4.98 Å². The summed E-state index contributed by atoms with van der Waals surface area (Å²) < 4.78 is 2.03. The molecule has 2 heterocycles. The molecule has 2 rings (SSSR count). The van der Waals surface area contributed by atoms with Crippen LogP contribution in [0.1, 0.15) is 17.6 Å². The summed E-state index contributed by atoms with van der Waals surface area (Å²) in [6.07, 6.45) is 6.44. The van der Waals surface area contributed by atoms with E-state index in [4.69, 9.17) is 0 Å². The molecule has 0 amide bonds. The van der Waals surface area contributed by atoms with Crippen molar-refractivity contribution < 1.29 is 0 Å². The summed E-state index contributed by atoms with van der Waals surface area (Å²) in [4.78, 5) is 8.68. The van der Waals surface area contributed by atoms with Gasteiger partial charge in [-0.1, -0.05) is 6.07 Å². The summed E-state index contributed by atoms with van der Waals surface area (Å²) in [6.45, 7) is 0. The van der Waals surface area contributed by atoms with Gasteiger partial charge in [0.25, 0.3) is 0 Å². The number of pyridine rings is 1. The third kappa shape index (κ3) is 2.28. The van der Waals surface area contributed by atoms with Crippen LogP contribution in [0.5, 0.6) is 0 Å². The van der Waals surface area contributed by atoms with Crippen molar-refractivity contribution in [3.8, 4) is 0 Å². The molecular weight excluding hydrogens is 200 g/mol. The van der Waals surface area contributed by atoms with Crippen LogP contribution in [-0.2, 0) is 13.5 Å². The summed E-state index contributed by atoms with van der Waals surface area (Å²) in [5, 5.41) is 3.27. The van der Waals surface area contributed by atoms with E-state index in [2.05, 4.69) is 15.3 Å². The minimum atomic E-state index is 0.204. The minimum absolute atomic E-state index is 0.204. The zero-order chi connectivity index (χ0) is 11.4. The second-order valence-corrected chi connectivity index (χ2v) is 3.76. The van der Waals surface area contributed by atoms with Gasteiger partial charge in [-0.05, 0) is 19.2 Å². The first kappa shape index (κ1) is 10.8. The summed E-state index contributed by atoms with van der Waals surface area (Å²) in [6, 6.07) is 6.18. The van der Waals surface area contributed by atoms with Crippen molar-refractivity contribution in [1.82, 2.24) is 19.9 Å². The molecule has 4 nitrogen and oxygen atoms in total. The van der Waals surface area contributed by atoms with Crippen molar-refractivity contribution in [1.29, 1.82) is 0 Å². The Morgan fingerprint density at radius 1 is 1.31 bits per heavy atom. The van der Waals surface area contributed by atoms with E-state index >= 15 is 0 Å². The van der Waals surface area contributed by atoms with Crippen molar-refractivity contribution in [2.24, 2.45) is 7.05 Å². The van der Waals surface area contributed by atoms with Crippen LogP contribution in [0.25, 0.3) is 0 Å². The highest BCUT2D eigenvalue weighted by atomic mass is 15.1. The highest BCUT2D eigenvalue weighted by Gasteiger charge is 2.14. The molecular formula is C12H16N4. The lowest BCUT2D eigenvalue weighted by Gasteiger charge is -2.15. The van der Waals surface area contributed by atoms with E-state index in [0.717, 1.165) is 17.9 Å². The van der Waals surface area contributed by atoms with Gasteiger partial charge >= 0.3 is 0 Å². The number of nitrogens with zero attached hydrogens (tertiary/aromatic N) is 3. The molecule has 0 aromatic carbocycles. The van der Waals surface area contributed by atoms with Crippen LogP contribution in [0.15, 0.2) is 36.8 Å². The van der Waals surface area contributed by atoms with E-state index < -0.39 is 0 Å². The largest absolute Gasteiger partial charge is 0.337 e. The summed E-state index contributed by atoms with van der Waals surface area (Å²) in [7, 11) is 3.95. The number of aryl methyl sites for hydroxylation is 1. The number of hydrogen-bond acceptors (Lipinski definition) is 3. The van der Waals surface area contributed by atoms with Gasteiger partial charge in [-0.3, -0.25) is 4.98 Å². The molecule has 2 aromatic rings. The number of imidazole rings is 1. The first-order valence-electron chi connectivity index (χ1n) is 5.35. The highest BCUT2D eigenvalue weighted by Crippen LogP contribution is 2.14. The second kappa shape index (κ2) is 4.90. The fraction of sp³-hybridized carbons (Fsp3) is 0.333. The standard InChI is InChI=1S/C12H16N4/c1-13-11(12-15-7-8-16(12)2)9-10-5-3-4-6-14-10/h3-8,11,13H,9H2,1-2H3. The van der Waals surface area contributed by atoms with Crippen LogP contribution < -0.4 is 5.32 Å². The Labute approximate surface area is 95.4 Å². The van der Waals surface area contributed by atoms with E-state index in [1.165, 1.54) is 0 Å². The van der Waals surface area contributed by atoms with Crippen molar-refractivity contribution in [3.05, 3.63) is 48.3 Å². The molecule has 0 aliphatic heterocycles. The summed E-state index contributed by atoms with van der Waals surface area (Å²) in [5.74, 6) is 1.04. The van der Waals surface area contributed by atoms with Gasteiger partial charge in [0.2, 0.25) is 0 Å². The molecule has 0 saturated carbocycles. The second-order valence-electron chi connectivity index (χ2n) is 3.76. The SMILES string of the molecule is CNC(Cc1ccccn1)c1nccn1C. The Morgan fingerprint density at radius 2 is 2.19 bits per heavy atom. The molecule has 0 aliphatic carbocycles. The molecule has 0 spiro atoms. The van der Waals surface area contributed by atoms with Gasteiger partial charge in [0.1, 0.15) is 5.82 Å². The topological polar surface area (TPSA) is 42.7 Å². The summed E-state index contributed by atoms with van der Waals surface area (Å²) in [5.41, 5.74) is 1.07. The van der Waals surface area contributed by atoms with E-state index in [1.54, 1.807) is 0 Å². The number of nitrogens with one attached hydrogen (secondary N) is 1. The van der Waals surface area contributed by atoms with Gasteiger partial charge in [-0.2, -0.15) is 0 Å². The molecule has 1 N–H and O–H groups in total. The van der Waals surface area contributed by atoms with Crippen LogP contribution in [0.3, 0.4) is 0 Å². The van der Waals surface area contributed by atoms with Crippen molar-refractivity contribution in [3.63, 3.8) is 0 Å². The van der Waals surface area contributed by atoms with Crippen LogP contribution >= 0.6 is 0 Å². The molecule has 84 valence electrons. The van der Waals surface area contributed by atoms with Crippen molar-refractivity contribution >= 4 is 0 Å². The maximum Gasteiger partial charge on any atom is 0.125 e. The number of rotatable bonds is 4. The Kier molecular flexibility index (Phi) is 3.31. The molecule has 0 fully saturated rings. The zero-order valence-corrected chi connectivity index (χ0v) is 9.59. The number of likely N-dealkylation sites (N-methyl/N-ethyl adjacent to an activating group) is 1. The maximum absolute atomic E-state index is 4.36. The Morgan fingerprint density at radius 3 is 2.75 bits per heavy atom. The third-order valence-corrected chi connectivity index (χ3v) is 2.66. The third-order valence-electron chi connectivity index (χ3n) is 2.66. The molecule has 4 heteroatoms. The fourth-order valence-corrected chi connectivity index (χ4v) is 1.76. The average molecular weight is 216 g/mol. The van der Waals surface area contributed by atoms with Gasteiger partial charge in [0.05, 0.1) is 6.04 Å². The van der Waals surface area contributed by atoms with Gasteiger partial charge in [0, 0.05) is 37.8 Å². The van der Waals surface area contributed by atoms with Crippen LogP contribution in [0, 0.1) is 0 Å². The lowest BCUT2D eigenvalue weighted by atomic mass is 10.1. The Hall–Kier alpha value is -1.68. The van der Waals surface area contributed by atoms with E-state index in [9.17, 15) is 0 Å². The van der Waals surface area contributed by atoms with Crippen molar-refractivity contribution in [2.75, 3.05) is 7.05 Å². The highest BCUT2D eigenvalue weighted by molar-refractivity contribution is 5.09. The molecule has 16 heavy (non-hydrogen) atoms. The van der Waals surface area contributed by atoms with Gasteiger partial charge in [0.15, 0.2) is 0 Å². The fourth-order valence-electron chi connectivity index (χ4n) is 1.76. The molecule has 0 radical (unpaired) electrons. The van der Waals surface area contributed by atoms with Gasteiger partial charge < -0.3 is 9.88 Å². The maximum atomic E-state index is 4.36. The minimum Gasteiger partial charge on any atom is -0.337 e. The molecule has 1 atom stereocenters. The molecule has 0 saturated heterocycles. The lowest BCUT2D eigenvalue weighted by Crippen LogP contribution is -2.22. The predicted molar refractivity (Wildman–Crippen MR) is 62.9 cm³/mol. The van der Waals surface area contributed by atoms with Crippen molar-refractivity contribution in [2.45, 2.75) is 12.5 Å². The van der Waals surface area contributed by atoms with Gasteiger partial charge in [-0.15, -0.1) is 0 Å². The number of hydrogen-bond donors (Lipinski definition) is 1. The molecule has 0 bridgehead atoms. The quantitative estimate of drug-likeness (QED) is 0.838. The summed E-state index contributed by atoms with van der Waals surface area (Å²) >= 11 is 0. The smallest absolute Gasteiger partial charge is 0.125 e. The molecule has 2 aromatic heterocycles. The van der Waals surface area contributed by atoms with E-state index in [0.29, 0.717) is 0 Å². The zero-order valence-electron chi connectivity index (χ0n) is 9.59. The van der Waals surface area contributed by atoms with E-state index in [1.807, 2.05) is 55.5 Å². The van der Waals surface area contributed by atoms with E-state index in [-0.39, 0.29) is 6.04 Å². The Bertz CT molecular complexity index is 435. The van der Waals surface area contributed by atoms with Crippen LogP contribution in [-0.4, -0.2) is 21.6 Å². The Balaban J connectivity index is 2.16.